The minimum atomic E-state index is -0.310. The van der Waals surface area contributed by atoms with Crippen molar-refractivity contribution < 1.29 is 23.4 Å². The topological polar surface area (TPSA) is 51.2 Å². The maximum Gasteiger partial charge on any atom is 0.414 e. The first kappa shape index (κ1) is 22.2. The Bertz CT molecular complexity index is 826. The molecular weight excluding hydrogens is 411 g/mol. The molecule has 6 nitrogen and oxygen atoms in total. The van der Waals surface area contributed by atoms with Crippen molar-refractivity contribution >= 4 is 24.2 Å². The third kappa shape index (κ3) is 5.34. The molecule has 2 fully saturated rings. The molecule has 0 spiro atoms. The summed E-state index contributed by atoms with van der Waals surface area (Å²) in [7, 11) is 1.61. The van der Waals surface area contributed by atoms with E-state index in [4.69, 9.17) is 14.2 Å². The van der Waals surface area contributed by atoms with E-state index in [0.717, 1.165) is 37.4 Å². The zero-order valence-electron chi connectivity index (χ0n) is 16.8. The third-order valence-corrected chi connectivity index (χ3v) is 5.37. The van der Waals surface area contributed by atoms with Crippen LogP contribution in [0.2, 0.25) is 0 Å². The second kappa shape index (κ2) is 10.00. The van der Waals surface area contributed by atoms with Crippen LogP contribution in [0.5, 0.6) is 11.5 Å². The van der Waals surface area contributed by atoms with Crippen LogP contribution in [0.1, 0.15) is 12.8 Å². The minimum absolute atomic E-state index is 0. The second-order valence-electron chi connectivity index (χ2n) is 7.39. The Hall–Kier alpha value is -2.51. The van der Waals surface area contributed by atoms with Crippen LogP contribution in [0.3, 0.4) is 0 Å². The van der Waals surface area contributed by atoms with Gasteiger partial charge in [0.25, 0.3) is 0 Å². The van der Waals surface area contributed by atoms with Crippen LogP contribution < -0.4 is 14.4 Å². The number of amides is 1. The van der Waals surface area contributed by atoms with Gasteiger partial charge in [0.2, 0.25) is 0 Å². The van der Waals surface area contributed by atoms with Crippen molar-refractivity contribution in [3.8, 4) is 11.5 Å². The minimum Gasteiger partial charge on any atom is -0.497 e. The average molecular weight is 437 g/mol. The molecule has 30 heavy (non-hydrogen) atoms. The molecule has 0 aromatic heterocycles. The van der Waals surface area contributed by atoms with Crippen molar-refractivity contribution in [2.75, 3.05) is 38.2 Å². The molecule has 2 aromatic rings. The Balaban J connectivity index is 0.00000256. The molecule has 0 bridgehead atoms. The average Bonchev–Trinajstić information content (AvgIpc) is 3.11. The van der Waals surface area contributed by atoms with E-state index in [1.807, 2.05) is 24.3 Å². The molecule has 0 saturated carbocycles. The summed E-state index contributed by atoms with van der Waals surface area (Å²) in [5.74, 6) is 1.19. The number of benzene rings is 2. The number of ether oxygens (including phenoxy) is 3. The van der Waals surface area contributed by atoms with Gasteiger partial charge in [0.1, 0.15) is 29.5 Å². The van der Waals surface area contributed by atoms with E-state index in [1.54, 1.807) is 24.1 Å². The van der Waals surface area contributed by atoms with E-state index in [-0.39, 0.29) is 36.5 Å². The molecule has 162 valence electrons. The highest BCUT2D eigenvalue weighted by molar-refractivity contribution is 5.89. The third-order valence-electron chi connectivity index (χ3n) is 5.37. The lowest BCUT2D eigenvalue weighted by molar-refractivity contribution is 0.0655. The van der Waals surface area contributed by atoms with E-state index in [9.17, 15) is 9.18 Å². The van der Waals surface area contributed by atoms with E-state index < -0.39 is 0 Å². The van der Waals surface area contributed by atoms with Crippen LogP contribution in [-0.2, 0) is 4.74 Å². The quantitative estimate of drug-likeness (QED) is 0.681. The summed E-state index contributed by atoms with van der Waals surface area (Å²) in [6, 6.07) is 13.5. The first-order chi connectivity index (χ1) is 14.1. The maximum atomic E-state index is 13.0. The number of likely N-dealkylation sites (tertiary alicyclic amines) is 1. The van der Waals surface area contributed by atoms with E-state index in [0.29, 0.717) is 18.8 Å². The molecule has 2 saturated heterocycles. The molecule has 0 aliphatic carbocycles. The highest BCUT2D eigenvalue weighted by Crippen LogP contribution is 2.25. The normalized spacial score (nSPS) is 19.9. The summed E-state index contributed by atoms with van der Waals surface area (Å²) >= 11 is 0. The summed E-state index contributed by atoms with van der Waals surface area (Å²) in [5, 5.41) is 0. The summed E-state index contributed by atoms with van der Waals surface area (Å²) in [6.07, 6.45) is 1.44. The Kier molecular flexibility index (Phi) is 7.39. The Morgan fingerprint density at radius 1 is 1.03 bits per heavy atom. The van der Waals surface area contributed by atoms with Crippen molar-refractivity contribution in [3.63, 3.8) is 0 Å². The number of rotatable bonds is 6. The van der Waals surface area contributed by atoms with Crippen LogP contribution in [0, 0.1) is 5.82 Å². The highest BCUT2D eigenvalue weighted by atomic mass is 35.5. The molecule has 2 aliphatic rings. The van der Waals surface area contributed by atoms with E-state index in [1.165, 1.54) is 12.1 Å². The lowest BCUT2D eigenvalue weighted by Gasteiger charge is -2.33. The summed E-state index contributed by atoms with van der Waals surface area (Å²) < 4.78 is 29.7. The van der Waals surface area contributed by atoms with Gasteiger partial charge in [-0.15, -0.1) is 12.4 Å². The Morgan fingerprint density at radius 3 is 2.30 bits per heavy atom. The van der Waals surface area contributed by atoms with Crippen molar-refractivity contribution in [1.82, 2.24) is 4.90 Å². The second-order valence-corrected chi connectivity index (χ2v) is 7.39. The standard InChI is InChI=1S/C22H25FN2O4.ClH/c1-27-18-8-4-17(5-9-18)25-15-21(29-22(25)26)14-24-12-10-20(11-13-24)28-19-6-2-16(23)3-7-19;/h2-9,20-21H,10-15H2,1H3;1H/t21-;/m0./s1. The number of cyclic esters (lactones) is 1. The van der Waals surface area contributed by atoms with Crippen LogP contribution in [0.25, 0.3) is 0 Å². The van der Waals surface area contributed by atoms with Crippen molar-refractivity contribution in [2.24, 2.45) is 0 Å². The summed E-state index contributed by atoms with van der Waals surface area (Å²) in [4.78, 5) is 16.2. The maximum absolute atomic E-state index is 13.0. The van der Waals surface area contributed by atoms with E-state index in [2.05, 4.69) is 4.90 Å². The molecule has 2 heterocycles. The van der Waals surface area contributed by atoms with Gasteiger partial charge in [-0.25, -0.2) is 9.18 Å². The largest absolute Gasteiger partial charge is 0.497 e. The molecule has 2 aromatic carbocycles. The summed E-state index contributed by atoms with van der Waals surface area (Å²) in [5.41, 5.74) is 0.810. The van der Waals surface area contributed by atoms with Gasteiger partial charge in [0.15, 0.2) is 0 Å². The number of anilines is 1. The molecule has 1 amide bonds. The van der Waals surface area contributed by atoms with Gasteiger partial charge in [0.05, 0.1) is 13.7 Å². The zero-order chi connectivity index (χ0) is 20.2. The van der Waals surface area contributed by atoms with Crippen LogP contribution in [-0.4, -0.2) is 56.5 Å². The number of halogens is 2. The number of piperidine rings is 1. The number of carbonyl (C=O) groups is 1. The van der Waals surface area contributed by atoms with Gasteiger partial charge in [0, 0.05) is 25.3 Å². The molecule has 1 atom stereocenters. The van der Waals surface area contributed by atoms with Gasteiger partial charge < -0.3 is 14.2 Å². The molecule has 0 unspecified atom stereocenters. The lowest BCUT2D eigenvalue weighted by Crippen LogP contribution is -2.42. The number of carbonyl (C=O) groups excluding carboxylic acids is 1. The Labute approximate surface area is 181 Å². The smallest absolute Gasteiger partial charge is 0.414 e. The molecular formula is C22H26ClFN2O4. The molecule has 0 radical (unpaired) electrons. The SMILES string of the molecule is COc1ccc(N2C[C@H](CN3CCC(Oc4ccc(F)cc4)CC3)OC2=O)cc1.Cl. The summed E-state index contributed by atoms with van der Waals surface area (Å²) in [6.45, 7) is 3.00. The van der Waals surface area contributed by atoms with E-state index >= 15 is 0 Å². The molecule has 4 rings (SSSR count). The van der Waals surface area contributed by atoms with Gasteiger partial charge in [-0.05, 0) is 61.4 Å². The number of methoxy groups -OCH3 is 1. The number of hydrogen-bond donors (Lipinski definition) is 0. The first-order valence-electron chi connectivity index (χ1n) is 9.87. The fourth-order valence-electron chi connectivity index (χ4n) is 3.79. The number of nitrogens with zero attached hydrogens (tertiary/aromatic N) is 2. The predicted octanol–water partition coefficient (Wildman–Crippen LogP) is 4.12. The first-order valence-corrected chi connectivity index (χ1v) is 9.87. The van der Waals surface area contributed by atoms with Crippen molar-refractivity contribution in [2.45, 2.75) is 25.0 Å². The highest BCUT2D eigenvalue weighted by Gasteiger charge is 2.34. The van der Waals surface area contributed by atoms with Crippen molar-refractivity contribution in [1.29, 1.82) is 0 Å². The Morgan fingerprint density at radius 2 is 1.67 bits per heavy atom. The molecule has 8 heteroatoms. The predicted molar refractivity (Wildman–Crippen MR) is 114 cm³/mol. The number of hydrogen-bond acceptors (Lipinski definition) is 5. The van der Waals surface area contributed by atoms with Gasteiger partial charge in [-0.2, -0.15) is 0 Å². The lowest BCUT2D eigenvalue weighted by atomic mass is 10.1. The van der Waals surface area contributed by atoms with Gasteiger partial charge in [-0.3, -0.25) is 9.80 Å². The monoisotopic (exact) mass is 436 g/mol. The molecule has 2 aliphatic heterocycles. The fraction of sp³-hybridized carbons (Fsp3) is 0.409. The van der Waals surface area contributed by atoms with Crippen LogP contribution in [0.15, 0.2) is 48.5 Å². The van der Waals surface area contributed by atoms with Crippen molar-refractivity contribution in [3.05, 3.63) is 54.3 Å². The molecule has 0 N–H and O–H groups in total. The van der Waals surface area contributed by atoms with Crippen LogP contribution >= 0.6 is 12.4 Å². The van der Waals surface area contributed by atoms with Gasteiger partial charge in [-0.1, -0.05) is 0 Å². The van der Waals surface area contributed by atoms with Gasteiger partial charge >= 0.3 is 6.09 Å². The van der Waals surface area contributed by atoms with Crippen LogP contribution in [0.4, 0.5) is 14.9 Å². The zero-order valence-corrected chi connectivity index (χ0v) is 17.6. The fourth-order valence-corrected chi connectivity index (χ4v) is 3.79.